The van der Waals surface area contributed by atoms with Crippen LogP contribution in [0.2, 0.25) is 0 Å². The molecule has 0 aromatic rings. The van der Waals surface area contributed by atoms with Crippen molar-refractivity contribution < 1.29 is 17.9 Å². The van der Waals surface area contributed by atoms with E-state index < -0.39 is 12.6 Å². The van der Waals surface area contributed by atoms with Crippen molar-refractivity contribution in [2.45, 2.75) is 25.9 Å². The molecule has 5 heteroatoms. The summed E-state index contributed by atoms with van der Waals surface area (Å²) in [6.45, 7) is 7.47. The Bertz CT molecular complexity index is 180. The Balaban J connectivity index is 3.09. The van der Waals surface area contributed by atoms with Gasteiger partial charge in [0, 0.05) is 13.0 Å². The summed E-state index contributed by atoms with van der Waals surface area (Å²) in [7, 11) is 0. The van der Waals surface area contributed by atoms with Crippen LogP contribution in [0.3, 0.4) is 0 Å². The van der Waals surface area contributed by atoms with Crippen LogP contribution in [0.1, 0.15) is 19.8 Å². The van der Waals surface area contributed by atoms with Crippen LogP contribution in [-0.2, 0) is 4.74 Å². The van der Waals surface area contributed by atoms with Crippen molar-refractivity contribution in [2.75, 3.05) is 26.3 Å². The number of hydrogen-bond acceptors (Lipinski definition) is 2. The molecule has 0 radical (unpaired) electrons. The van der Waals surface area contributed by atoms with E-state index >= 15 is 0 Å². The molecule has 0 rings (SSSR count). The smallest absolute Gasteiger partial charge is 0.376 e. The molecule has 0 aliphatic rings. The van der Waals surface area contributed by atoms with Crippen LogP contribution in [0, 0.1) is 0 Å². The fourth-order valence-corrected chi connectivity index (χ4v) is 0.930. The van der Waals surface area contributed by atoms with Crippen LogP contribution in [0.4, 0.5) is 13.2 Å². The van der Waals surface area contributed by atoms with E-state index in [-0.39, 0.29) is 6.42 Å². The molecule has 0 aliphatic heterocycles. The Morgan fingerprint density at radius 3 is 2.53 bits per heavy atom. The molecule has 0 aliphatic carbocycles. The number of alkyl halides is 3. The molecule has 0 bridgehead atoms. The minimum atomic E-state index is -4.04. The molecule has 0 saturated heterocycles. The molecular formula is C10H18F3NO. The maximum atomic E-state index is 11.7. The van der Waals surface area contributed by atoms with Gasteiger partial charge in [-0.3, -0.25) is 0 Å². The van der Waals surface area contributed by atoms with E-state index in [0.717, 1.165) is 5.57 Å². The van der Waals surface area contributed by atoms with Crippen LogP contribution in [-0.4, -0.2) is 32.5 Å². The van der Waals surface area contributed by atoms with E-state index in [1.807, 2.05) is 6.92 Å². The third-order valence-corrected chi connectivity index (χ3v) is 1.59. The third kappa shape index (κ3) is 13.4. The van der Waals surface area contributed by atoms with E-state index in [1.54, 1.807) is 0 Å². The molecule has 0 aromatic carbocycles. The number of rotatable bonds is 8. The highest BCUT2D eigenvalue weighted by molar-refractivity contribution is 4.87. The van der Waals surface area contributed by atoms with Crippen molar-refractivity contribution >= 4 is 0 Å². The number of hydrogen-bond donors (Lipinski definition) is 1. The highest BCUT2D eigenvalue weighted by Crippen LogP contribution is 2.20. The van der Waals surface area contributed by atoms with E-state index in [4.69, 9.17) is 4.74 Å². The average molecular weight is 225 g/mol. The Labute approximate surface area is 88.5 Å². The summed E-state index contributed by atoms with van der Waals surface area (Å²) in [6.07, 6.45) is -4.66. The molecule has 0 saturated carbocycles. The highest BCUT2D eigenvalue weighted by Gasteiger charge is 2.25. The fourth-order valence-electron chi connectivity index (χ4n) is 0.930. The van der Waals surface area contributed by atoms with Crippen LogP contribution in [0.5, 0.6) is 0 Å². The molecular weight excluding hydrogens is 207 g/mol. The first-order valence-corrected chi connectivity index (χ1v) is 4.91. The van der Waals surface area contributed by atoms with Crippen LogP contribution in [0.15, 0.2) is 12.2 Å². The molecule has 1 N–H and O–H groups in total. The lowest BCUT2D eigenvalue weighted by Gasteiger charge is -2.07. The summed E-state index contributed by atoms with van der Waals surface area (Å²) in [5.41, 5.74) is 0.937. The summed E-state index contributed by atoms with van der Waals surface area (Å²) >= 11 is 0. The normalized spacial score (nSPS) is 11.7. The van der Waals surface area contributed by atoms with Gasteiger partial charge in [-0.05, 0) is 19.9 Å². The van der Waals surface area contributed by atoms with Crippen LogP contribution < -0.4 is 5.32 Å². The van der Waals surface area contributed by atoms with Gasteiger partial charge in [0.2, 0.25) is 0 Å². The lowest BCUT2D eigenvalue weighted by atomic mass is 10.3. The van der Waals surface area contributed by atoms with E-state index in [0.29, 0.717) is 26.3 Å². The maximum Gasteiger partial charge on any atom is 0.389 e. The number of halogens is 3. The largest absolute Gasteiger partial charge is 0.389 e. The molecule has 15 heavy (non-hydrogen) atoms. The predicted molar refractivity (Wildman–Crippen MR) is 53.8 cm³/mol. The minimum Gasteiger partial charge on any atom is -0.376 e. The second-order valence-corrected chi connectivity index (χ2v) is 3.48. The number of nitrogens with one attached hydrogen (secondary N) is 1. The first-order chi connectivity index (χ1) is 6.92. The minimum absolute atomic E-state index is 0.115. The van der Waals surface area contributed by atoms with Crippen molar-refractivity contribution in [3.05, 3.63) is 12.2 Å². The van der Waals surface area contributed by atoms with Gasteiger partial charge in [-0.15, -0.1) is 0 Å². The highest BCUT2D eigenvalue weighted by atomic mass is 19.4. The molecule has 0 aromatic heterocycles. The topological polar surface area (TPSA) is 21.3 Å². The van der Waals surface area contributed by atoms with Gasteiger partial charge in [0.05, 0.1) is 13.2 Å². The second-order valence-electron chi connectivity index (χ2n) is 3.48. The lowest BCUT2D eigenvalue weighted by molar-refractivity contribution is -0.135. The van der Waals surface area contributed by atoms with Gasteiger partial charge in [0.1, 0.15) is 0 Å². The van der Waals surface area contributed by atoms with Gasteiger partial charge in [-0.1, -0.05) is 12.2 Å². The standard InChI is InChI=1S/C10H18F3NO/c1-9(2)8-15-7-6-14-5-3-4-10(11,12)13/h14H,1,3-8H2,2H3. The molecule has 0 spiro atoms. The van der Waals surface area contributed by atoms with E-state index in [9.17, 15) is 13.2 Å². The Hall–Kier alpha value is -0.550. The summed E-state index contributed by atoms with van der Waals surface area (Å²) in [6, 6.07) is 0. The van der Waals surface area contributed by atoms with Gasteiger partial charge < -0.3 is 10.1 Å². The Morgan fingerprint density at radius 1 is 1.33 bits per heavy atom. The summed E-state index contributed by atoms with van der Waals surface area (Å²) in [5.74, 6) is 0. The third-order valence-electron chi connectivity index (χ3n) is 1.59. The van der Waals surface area contributed by atoms with Gasteiger partial charge in [-0.25, -0.2) is 0 Å². The molecule has 2 nitrogen and oxygen atoms in total. The van der Waals surface area contributed by atoms with Gasteiger partial charge in [0.15, 0.2) is 0 Å². The average Bonchev–Trinajstić information content (AvgIpc) is 2.07. The predicted octanol–water partition coefficient (Wildman–Crippen LogP) is 2.51. The zero-order valence-corrected chi connectivity index (χ0v) is 8.99. The molecule has 0 amide bonds. The first kappa shape index (κ1) is 14.5. The zero-order valence-electron chi connectivity index (χ0n) is 8.99. The van der Waals surface area contributed by atoms with Crippen LogP contribution >= 0.6 is 0 Å². The van der Waals surface area contributed by atoms with E-state index in [2.05, 4.69) is 11.9 Å². The molecule has 0 unspecified atom stereocenters. The number of ether oxygens (including phenoxy) is 1. The Kier molecular flexibility index (Phi) is 7.42. The van der Waals surface area contributed by atoms with Crippen molar-refractivity contribution in [2.24, 2.45) is 0 Å². The van der Waals surface area contributed by atoms with Crippen molar-refractivity contribution in [1.82, 2.24) is 5.32 Å². The molecule has 0 heterocycles. The summed E-state index contributed by atoms with van der Waals surface area (Å²) in [5, 5.41) is 2.88. The fraction of sp³-hybridized carbons (Fsp3) is 0.800. The van der Waals surface area contributed by atoms with Crippen molar-refractivity contribution in [3.8, 4) is 0 Å². The summed E-state index contributed by atoms with van der Waals surface area (Å²) < 4.78 is 40.3. The molecule has 0 atom stereocenters. The Morgan fingerprint density at radius 2 is 2.00 bits per heavy atom. The van der Waals surface area contributed by atoms with Crippen LogP contribution in [0.25, 0.3) is 0 Å². The maximum absolute atomic E-state index is 11.7. The molecule has 0 fully saturated rings. The van der Waals surface area contributed by atoms with Gasteiger partial charge in [0.25, 0.3) is 0 Å². The van der Waals surface area contributed by atoms with Crippen molar-refractivity contribution in [1.29, 1.82) is 0 Å². The SMILES string of the molecule is C=C(C)COCCNCCCC(F)(F)F. The zero-order chi connectivity index (χ0) is 11.7. The van der Waals surface area contributed by atoms with Gasteiger partial charge in [-0.2, -0.15) is 13.2 Å². The monoisotopic (exact) mass is 225 g/mol. The quantitative estimate of drug-likeness (QED) is 0.506. The van der Waals surface area contributed by atoms with Crippen molar-refractivity contribution in [3.63, 3.8) is 0 Å². The van der Waals surface area contributed by atoms with Gasteiger partial charge >= 0.3 is 6.18 Å². The summed E-state index contributed by atoms with van der Waals surface area (Å²) in [4.78, 5) is 0. The van der Waals surface area contributed by atoms with E-state index in [1.165, 1.54) is 0 Å². The second kappa shape index (κ2) is 7.70. The first-order valence-electron chi connectivity index (χ1n) is 4.91. The lowest BCUT2D eigenvalue weighted by Crippen LogP contribution is -2.22. The molecule has 90 valence electrons.